The lowest BCUT2D eigenvalue weighted by Crippen LogP contribution is -2.06. The average Bonchev–Trinajstić information content (AvgIpc) is 3.12. The predicted octanol–water partition coefficient (Wildman–Crippen LogP) is 7.22. The Labute approximate surface area is 182 Å². The summed E-state index contributed by atoms with van der Waals surface area (Å²) < 4.78 is 3.30. The standard InChI is InChI=1S/C26H18BrN3/c27-18-14-15-20-19-10-4-7-13-23(19)30(24(20)16-18)26-25(17-8-2-1-3-9-17)28-21-11-5-6-12-22(21)29-26/h2,4-16H,1,3H2. The summed E-state index contributed by atoms with van der Waals surface area (Å²) in [6.07, 6.45) is 8.76. The number of hydrogen-bond donors (Lipinski definition) is 0. The lowest BCUT2D eigenvalue weighted by molar-refractivity contribution is 1.02. The number of allylic oxidation sites excluding steroid dienone is 4. The molecule has 2 heterocycles. The zero-order valence-electron chi connectivity index (χ0n) is 16.2. The van der Waals surface area contributed by atoms with Gasteiger partial charge in [0.15, 0.2) is 5.82 Å². The molecule has 4 heteroatoms. The fourth-order valence-electron chi connectivity index (χ4n) is 4.30. The highest BCUT2D eigenvalue weighted by atomic mass is 79.9. The van der Waals surface area contributed by atoms with Crippen LogP contribution in [0.1, 0.15) is 18.5 Å². The molecule has 3 aromatic carbocycles. The minimum atomic E-state index is 0.871. The van der Waals surface area contributed by atoms with Gasteiger partial charge in [0, 0.05) is 15.2 Å². The van der Waals surface area contributed by atoms with Crippen molar-refractivity contribution in [3.8, 4) is 5.82 Å². The smallest absolute Gasteiger partial charge is 0.165 e. The molecule has 30 heavy (non-hydrogen) atoms. The van der Waals surface area contributed by atoms with Gasteiger partial charge in [0.25, 0.3) is 0 Å². The van der Waals surface area contributed by atoms with Crippen LogP contribution in [-0.2, 0) is 0 Å². The molecule has 3 nitrogen and oxygen atoms in total. The Morgan fingerprint density at radius 1 is 0.767 bits per heavy atom. The highest BCUT2D eigenvalue weighted by Crippen LogP contribution is 2.36. The van der Waals surface area contributed by atoms with Crippen LogP contribution in [0.3, 0.4) is 0 Å². The summed E-state index contributed by atoms with van der Waals surface area (Å²) in [7, 11) is 0. The fourth-order valence-corrected chi connectivity index (χ4v) is 4.65. The minimum absolute atomic E-state index is 0.871. The fraction of sp³-hybridized carbons (Fsp3) is 0.0769. The number of halogens is 1. The van der Waals surface area contributed by atoms with E-state index in [9.17, 15) is 0 Å². The lowest BCUT2D eigenvalue weighted by atomic mass is 10.0. The molecule has 0 unspecified atom stereocenters. The molecule has 0 N–H and O–H groups in total. The Morgan fingerprint density at radius 2 is 1.53 bits per heavy atom. The second-order valence-electron chi connectivity index (χ2n) is 7.54. The van der Waals surface area contributed by atoms with Gasteiger partial charge in [-0.15, -0.1) is 0 Å². The van der Waals surface area contributed by atoms with Gasteiger partial charge < -0.3 is 0 Å². The van der Waals surface area contributed by atoms with Crippen LogP contribution in [0.25, 0.3) is 44.2 Å². The SMILES string of the molecule is Brc1ccc2c3ccccc3n(-c3nc4ccccc4nc3C3=CCCC=C3)c2c1. The third-order valence-corrected chi connectivity index (χ3v) is 6.16. The van der Waals surface area contributed by atoms with E-state index in [2.05, 4.69) is 81.2 Å². The van der Waals surface area contributed by atoms with Crippen LogP contribution in [0.15, 0.2) is 89.4 Å². The summed E-state index contributed by atoms with van der Waals surface area (Å²) in [6, 6.07) is 23.0. The number of rotatable bonds is 2. The molecule has 0 atom stereocenters. The van der Waals surface area contributed by atoms with Crippen molar-refractivity contribution in [1.29, 1.82) is 0 Å². The van der Waals surface area contributed by atoms with Gasteiger partial charge in [0.05, 0.1) is 22.1 Å². The van der Waals surface area contributed by atoms with Crippen LogP contribution in [0.5, 0.6) is 0 Å². The summed E-state index contributed by atoms with van der Waals surface area (Å²) in [4.78, 5) is 10.2. The number of fused-ring (bicyclic) bond motifs is 4. The molecule has 0 saturated heterocycles. The van der Waals surface area contributed by atoms with E-state index in [4.69, 9.17) is 9.97 Å². The van der Waals surface area contributed by atoms with Crippen molar-refractivity contribution in [2.75, 3.05) is 0 Å². The third kappa shape index (κ3) is 2.71. The van der Waals surface area contributed by atoms with Crippen LogP contribution >= 0.6 is 15.9 Å². The van der Waals surface area contributed by atoms with Crippen molar-refractivity contribution >= 4 is 54.3 Å². The Morgan fingerprint density at radius 3 is 2.37 bits per heavy atom. The maximum Gasteiger partial charge on any atom is 0.165 e. The first-order valence-electron chi connectivity index (χ1n) is 10.1. The van der Waals surface area contributed by atoms with E-state index < -0.39 is 0 Å². The van der Waals surface area contributed by atoms with Crippen LogP contribution in [0.2, 0.25) is 0 Å². The molecule has 2 aromatic heterocycles. The van der Waals surface area contributed by atoms with Crippen LogP contribution in [-0.4, -0.2) is 14.5 Å². The molecular formula is C26H18BrN3. The average molecular weight is 452 g/mol. The maximum absolute atomic E-state index is 5.13. The molecule has 0 aliphatic heterocycles. The van der Waals surface area contributed by atoms with Gasteiger partial charge in [-0.2, -0.15) is 0 Å². The highest BCUT2D eigenvalue weighted by Gasteiger charge is 2.19. The molecule has 5 aromatic rings. The molecule has 0 fully saturated rings. The summed E-state index contributed by atoms with van der Waals surface area (Å²) in [5.41, 5.74) is 6.13. The van der Waals surface area contributed by atoms with Crippen molar-refractivity contribution in [3.05, 3.63) is 95.1 Å². The molecular weight excluding hydrogens is 434 g/mol. The predicted molar refractivity (Wildman–Crippen MR) is 128 cm³/mol. The maximum atomic E-state index is 5.13. The van der Waals surface area contributed by atoms with Gasteiger partial charge in [-0.05, 0) is 48.7 Å². The van der Waals surface area contributed by atoms with Crippen molar-refractivity contribution in [2.45, 2.75) is 12.8 Å². The van der Waals surface area contributed by atoms with E-state index in [-0.39, 0.29) is 0 Å². The van der Waals surface area contributed by atoms with Crippen molar-refractivity contribution < 1.29 is 0 Å². The van der Waals surface area contributed by atoms with Crippen LogP contribution in [0, 0.1) is 0 Å². The summed E-state index contributed by atoms with van der Waals surface area (Å²) in [6.45, 7) is 0. The van der Waals surface area contributed by atoms with Gasteiger partial charge >= 0.3 is 0 Å². The van der Waals surface area contributed by atoms with E-state index >= 15 is 0 Å². The first-order chi connectivity index (χ1) is 14.8. The van der Waals surface area contributed by atoms with Gasteiger partial charge in [-0.1, -0.05) is 70.6 Å². The van der Waals surface area contributed by atoms with E-state index in [0.29, 0.717) is 0 Å². The quantitative estimate of drug-likeness (QED) is 0.283. The molecule has 1 aliphatic carbocycles. The Hall–Kier alpha value is -3.24. The topological polar surface area (TPSA) is 30.7 Å². The summed E-state index contributed by atoms with van der Waals surface area (Å²) >= 11 is 3.66. The van der Waals surface area contributed by atoms with Gasteiger partial charge in [-0.25, -0.2) is 9.97 Å². The molecule has 144 valence electrons. The van der Waals surface area contributed by atoms with Crippen molar-refractivity contribution in [3.63, 3.8) is 0 Å². The lowest BCUT2D eigenvalue weighted by Gasteiger charge is -2.15. The first kappa shape index (κ1) is 17.6. The van der Waals surface area contributed by atoms with Crippen molar-refractivity contribution in [2.24, 2.45) is 0 Å². The van der Waals surface area contributed by atoms with E-state index in [1.165, 1.54) is 10.8 Å². The second-order valence-corrected chi connectivity index (χ2v) is 8.45. The molecule has 0 radical (unpaired) electrons. The number of para-hydroxylation sites is 3. The van der Waals surface area contributed by atoms with E-state index in [0.717, 1.165) is 56.5 Å². The first-order valence-corrected chi connectivity index (χ1v) is 10.9. The molecule has 0 spiro atoms. The number of benzene rings is 3. The van der Waals surface area contributed by atoms with Gasteiger partial charge in [0.1, 0.15) is 5.69 Å². The van der Waals surface area contributed by atoms with Gasteiger partial charge in [-0.3, -0.25) is 4.57 Å². The van der Waals surface area contributed by atoms with Crippen LogP contribution in [0.4, 0.5) is 0 Å². The van der Waals surface area contributed by atoms with Crippen LogP contribution < -0.4 is 0 Å². The largest absolute Gasteiger partial charge is 0.292 e. The molecule has 0 saturated carbocycles. The minimum Gasteiger partial charge on any atom is -0.292 e. The number of aromatic nitrogens is 3. The molecule has 6 rings (SSSR count). The third-order valence-electron chi connectivity index (χ3n) is 5.67. The Bertz CT molecular complexity index is 1510. The summed E-state index contributed by atoms with van der Waals surface area (Å²) in [5.74, 6) is 0.871. The van der Waals surface area contributed by atoms with E-state index in [1.807, 2.05) is 24.3 Å². The molecule has 1 aliphatic rings. The second kappa shape index (κ2) is 6.92. The number of hydrogen-bond acceptors (Lipinski definition) is 2. The zero-order valence-corrected chi connectivity index (χ0v) is 17.8. The zero-order chi connectivity index (χ0) is 20.1. The van der Waals surface area contributed by atoms with Crippen molar-refractivity contribution in [1.82, 2.24) is 14.5 Å². The Balaban J connectivity index is 1.78. The molecule has 0 bridgehead atoms. The highest BCUT2D eigenvalue weighted by molar-refractivity contribution is 9.10. The normalized spacial score (nSPS) is 14.0. The monoisotopic (exact) mass is 451 g/mol. The van der Waals surface area contributed by atoms with E-state index in [1.54, 1.807) is 0 Å². The summed E-state index contributed by atoms with van der Waals surface area (Å²) in [5, 5.41) is 2.43. The molecule has 0 amide bonds. The van der Waals surface area contributed by atoms with Gasteiger partial charge in [0.2, 0.25) is 0 Å². The number of nitrogens with zero attached hydrogens (tertiary/aromatic N) is 3. The Kier molecular flexibility index (Phi) is 4.06.